The fourth-order valence-electron chi connectivity index (χ4n) is 1.52. The Morgan fingerprint density at radius 1 is 1.39 bits per heavy atom. The second-order valence-electron chi connectivity index (χ2n) is 4.33. The molecule has 0 aromatic carbocycles. The number of hydrogen-bond acceptors (Lipinski definition) is 4. The van der Waals surface area contributed by atoms with Crippen molar-refractivity contribution in [3.63, 3.8) is 0 Å². The predicted molar refractivity (Wildman–Crippen MR) is 63.4 cm³/mol. The van der Waals surface area contributed by atoms with Gasteiger partial charge in [-0.2, -0.15) is 9.49 Å². The molecule has 0 amide bonds. The van der Waals surface area contributed by atoms with Gasteiger partial charge in [-0.15, -0.1) is 0 Å². The molecule has 2 aromatic rings. The van der Waals surface area contributed by atoms with Gasteiger partial charge >= 0.3 is 0 Å². The lowest BCUT2D eigenvalue weighted by atomic mass is 10.2. The maximum Gasteiger partial charge on any atom is 0.255 e. The highest BCUT2D eigenvalue weighted by atomic mass is 19.1. The van der Waals surface area contributed by atoms with Gasteiger partial charge in [0.2, 0.25) is 0 Å². The third kappa shape index (κ3) is 3.03. The summed E-state index contributed by atoms with van der Waals surface area (Å²) in [4.78, 5) is 7.61. The third-order valence-electron chi connectivity index (χ3n) is 2.32. The van der Waals surface area contributed by atoms with E-state index in [2.05, 4.69) is 28.9 Å². The number of aromatic nitrogens is 4. The molecular weight excluding hydrogens is 235 g/mol. The van der Waals surface area contributed by atoms with Gasteiger partial charge in [0.05, 0.1) is 0 Å². The lowest BCUT2D eigenvalue weighted by Crippen LogP contribution is -2.12. The van der Waals surface area contributed by atoms with Crippen LogP contribution >= 0.6 is 0 Å². The molecule has 18 heavy (non-hydrogen) atoms. The summed E-state index contributed by atoms with van der Waals surface area (Å²) in [6.45, 7) is 5.11. The molecule has 0 N–H and O–H groups in total. The molecule has 5 nitrogen and oxygen atoms in total. The number of halogens is 1. The van der Waals surface area contributed by atoms with Crippen molar-refractivity contribution >= 4 is 0 Å². The van der Waals surface area contributed by atoms with Crippen molar-refractivity contribution in [1.82, 2.24) is 19.7 Å². The molecule has 2 aromatic heterocycles. The maximum absolute atomic E-state index is 13.3. The Labute approximate surface area is 105 Å². The van der Waals surface area contributed by atoms with Crippen molar-refractivity contribution in [2.75, 3.05) is 0 Å². The summed E-state index contributed by atoms with van der Waals surface area (Å²) in [5.74, 6) is 0.636. The van der Waals surface area contributed by atoms with Crippen LogP contribution in [0, 0.1) is 11.9 Å². The second-order valence-corrected chi connectivity index (χ2v) is 4.33. The van der Waals surface area contributed by atoms with Crippen molar-refractivity contribution in [2.45, 2.75) is 27.0 Å². The fourth-order valence-corrected chi connectivity index (χ4v) is 1.52. The number of pyridine rings is 1. The van der Waals surface area contributed by atoms with E-state index in [1.807, 2.05) is 0 Å². The minimum atomic E-state index is -0.618. The molecule has 2 heterocycles. The Morgan fingerprint density at radius 2 is 2.22 bits per heavy atom. The van der Waals surface area contributed by atoms with E-state index < -0.39 is 5.95 Å². The normalized spacial score (nSPS) is 10.9. The first-order chi connectivity index (χ1) is 8.66. The highest BCUT2D eigenvalue weighted by Gasteiger charge is 2.09. The van der Waals surface area contributed by atoms with Gasteiger partial charge in [-0.1, -0.05) is 13.8 Å². The van der Waals surface area contributed by atoms with E-state index >= 15 is 0 Å². The predicted octanol–water partition coefficient (Wildman–Crippen LogP) is 2.05. The van der Waals surface area contributed by atoms with Crippen LogP contribution in [-0.4, -0.2) is 19.7 Å². The van der Waals surface area contributed by atoms with Crippen LogP contribution in [0.1, 0.15) is 19.7 Å². The lowest BCUT2D eigenvalue weighted by molar-refractivity contribution is 0.266. The first-order valence-electron chi connectivity index (χ1n) is 5.77. The monoisotopic (exact) mass is 250 g/mol. The number of nitrogens with zero attached hydrogens (tertiary/aromatic N) is 4. The molecule has 0 aliphatic heterocycles. The van der Waals surface area contributed by atoms with E-state index in [9.17, 15) is 4.39 Å². The Balaban J connectivity index is 2.02. The minimum Gasteiger partial charge on any atom is -0.481 e. The molecule has 96 valence electrons. The Bertz CT molecular complexity index is 512. The maximum atomic E-state index is 13.3. The van der Waals surface area contributed by atoms with Crippen molar-refractivity contribution in [3.05, 3.63) is 36.4 Å². The van der Waals surface area contributed by atoms with Crippen LogP contribution in [-0.2, 0) is 13.2 Å². The third-order valence-corrected chi connectivity index (χ3v) is 2.32. The summed E-state index contributed by atoms with van der Waals surface area (Å²) in [6, 6.07) is 3.16. The van der Waals surface area contributed by atoms with Gasteiger partial charge < -0.3 is 4.74 Å². The van der Waals surface area contributed by atoms with Gasteiger partial charge in [-0.3, -0.25) is 0 Å². The molecule has 0 radical (unpaired) electrons. The molecular formula is C12H15FN4O. The van der Waals surface area contributed by atoms with E-state index in [1.165, 1.54) is 18.6 Å². The zero-order chi connectivity index (χ0) is 13.0. The van der Waals surface area contributed by atoms with Crippen LogP contribution < -0.4 is 4.74 Å². The van der Waals surface area contributed by atoms with Crippen LogP contribution in [0.2, 0.25) is 0 Å². The van der Waals surface area contributed by atoms with E-state index in [4.69, 9.17) is 4.74 Å². The van der Waals surface area contributed by atoms with Crippen molar-refractivity contribution in [3.8, 4) is 5.75 Å². The first kappa shape index (κ1) is 12.5. The summed E-state index contributed by atoms with van der Waals surface area (Å²) in [5, 5.41) is 4.11. The van der Waals surface area contributed by atoms with Crippen LogP contribution in [0.25, 0.3) is 0 Å². The zero-order valence-corrected chi connectivity index (χ0v) is 10.4. The van der Waals surface area contributed by atoms with E-state index in [0.717, 1.165) is 6.54 Å². The summed E-state index contributed by atoms with van der Waals surface area (Å²) < 4.78 is 20.4. The molecule has 0 saturated carbocycles. The van der Waals surface area contributed by atoms with Gasteiger partial charge in [0.1, 0.15) is 12.9 Å². The van der Waals surface area contributed by atoms with Crippen LogP contribution in [0.4, 0.5) is 4.39 Å². The Hall–Kier alpha value is -1.98. The van der Waals surface area contributed by atoms with E-state index in [0.29, 0.717) is 11.7 Å². The summed E-state index contributed by atoms with van der Waals surface area (Å²) in [5.41, 5.74) is 0. The Kier molecular flexibility index (Phi) is 3.86. The SMILES string of the molecule is CC(C)Cn1ncnc1COc1cccnc1F. The highest BCUT2D eigenvalue weighted by molar-refractivity contribution is 5.17. The molecule has 2 rings (SSSR count). The molecule has 0 fully saturated rings. The number of rotatable bonds is 5. The average molecular weight is 250 g/mol. The van der Waals surface area contributed by atoms with Crippen LogP contribution in [0.15, 0.2) is 24.7 Å². The van der Waals surface area contributed by atoms with Gasteiger partial charge in [0.15, 0.2) is 11.6 Å². The van der Waals surface area contributed by atoms with Crippen LogP contribution in [0.3, 0.4) is 0 Å². The fraction of sp³-hybridized carbons (Fsp3) is 0.417. The molecule has 0 spiro atoms. The molecule has 0 bridgehead atoms. The minimum absolute atomic E-state index is 0.122. The van der Waals surface area contributed by atoms with E-state index in [-0.39, 0.29) is 12.4 Å². The summed E-state index contributed by atoms with van der Waals surface area (Å²) in [6.07, 6.45) is 2.85. The van der Waals surface area contributed by atoms with Gasteiger partial charge in [0.25, 0.3) is 5.95 Å². The molecule has 0 aliphatic carbocycles. The van der Waals surface area contributed by atoms with Crippen molar-refractivity contribution < 1.29 is 9.13 Å². The van der Waals surface area contributed by atoms with E-state index in [1.54, 1.807) is 10.7 Å². The zero-order valence-electron chi connectivity index (χ0n) is 10.4. The van der Waals surface area contributed by atoms with Gasteiger partial charge in [-0.05, 0) is 18.1 Å². The highest BCUT2D eigenvalue weighted by Crippen LogP contribution is 2.14. The smallest absolute Gasteiger partial charge is 0.255 e. The average Bonchev–Trinajstić information content (AvgIpc) is 2.75. The van der Waals surface area contributed by atoms with Gasteiger partial charge in [-0.25, -0.2) is 14.6 Å². The number of ether oxygens (including phenoxy) is 1. The second kappa shape index (κ2) is 5.57. The summed E-state index contributed by atoms with van der Waals surface area (Å²) >= 11 is 0. The first-order valence-corrected chi connectivity index (χ1v) is 5.77. The standard InChI is InChI=1S/C12H15FN4O/c1-9(2)6-17-11(15-8-16-17)7-18-10-4-3-5-14-12(10)13/h3-5,8-9H,6-7H2,1-2H3. The quantitative estimate of drug-likeness (QED) is 0.762. The van der Waals surface area contributed by atoms with Crippen molar-refractivity contribution in [2.24, 2.45) is 5.92 Å². The largest absolute Gasteiger partial charge is 0.481 e. The topological polar surface area (TPSA) is 52.8 Å². The molecule has 6 heteroatoms. The number of hydrogen-bond donors (Lipinski definition) is 0. The molecule has 0 unspecified atom stereocenters. The summed E-state index contributed by atoms with van der Waals surface area (Å²) in [7, 11) is 0. The lowest BCUT2D eigenvalue weighted by Gasteiger charge is -2.09. The van der Waals surface area contributed by atoms with Crippen molar-refractivity contribution in [1.29, 1.82) is 0 Å². The van der Waals surface area contributed by atoms with Gasteiger partial charge in [0, 0.05) is 12.7 Å². The Morgan fingerprint density at radius 3 is 2.94 bits per heavy atom. The molecule has 0 aliphatic rings. The van der Waals surface area contributed by atoms with Crippen LogP contribution in [0.5, 0.6) is 5.75 Å². The molecule has 0 atom stereocenters. The molecule has 0 saturated heterocycles.